The topological polar surface area (TPSA) is 79.6 Å². The van der Waals surface area contributed by atoms with E-state index in [1.807, 2.05) is 0 Å². The standard InChI is InChI=1S/C11H18N2O4S/c1-4-13(9(2)7-11(14)15)18(16,17)10-5-6-12(3)8-10/h5-6,8-9H,4,7H2,1-3H3,(H,14,15). The zero-order valence-electron chi connectivity index (χ0n) is 10.7. The van der Waals surface area contributed by atoms with Crippen LogP contribution in [0.1, 0.15) is 20.3 Å². The molecule has 7 heteroatoms. The summed E-state index contributed by atoms with van der Waals surface area (Å²) < 4.78 is 27.5. The molecule has 1 aromatic rings. The number of sulfonamides is 1. The van der Waals surface area contributed by atoms with Crippen LogP contribution in [0.25, 0.3) is 0 Å². The highest BCUT2D eigenvalue weighted by molar-refractivity contribution is 7.89. The van der Waals surface area contributed by atoms with E-state index in [-0.39, 0.29) is 17.9 Å². The number of carboxylic acid groups (broad SMARTS) is 1. The fourth-order valence-electron chi connectivity index (χ4n) is 1.84. The summed E-state index contributed by atoms with van der Waals surface area (Å²) in [5, 5.41) is 8.74. The smallest absolute Gasteiger partial charge is 0.304 e. The highest BCUT2D eigenvalue weighted by atomic mass is 32.2. The Morgan fingerprint density at radius 1 is 1.56 bits per heavy atom. The van der Waals surface area contributed by atoms with E-state index >= 15 is 0 Å². The van der Waals surface area contributed by atoms with Crippen molar-refractivity contribution in [1.82, 2.24) is 8.87 Å². The number of carbonyl (C=O) groups is 1. The molecule has 18 heavy (non-hydrogen) atoms. The normalized spacial score (nSPS) is 13.8. The molecule has 0 aromatic carbocycles. The molecule has 1 heterocycles. The SMILES string of the molecule is CCN(C(C)CC(=O)O)S(=O)(=O)c1ccn(C)c1. The van der Waals surface area contributed by atoms with E-state index in [4.69, 9.17) is 5.11 Å². The zero-order chi connectivity index (χ0) is 13.9. The van der Waals surface area contributed by atoms with E-state index < -0.39 is 22.0 Å². The van der Waals surface area contributed by atoms with E-state index in [9.17, 15) is 13.2 Å². The van der Waals surface area contributed by atoms with Gasteiger partial charge < -0.3 is 9.67 Å². The molecule has 102 valence electrons. The molecule has 0 aliphatic carbocycles. The third kappa shape index (κ3) is 3.11. The van der Waals surface area contributed by atoms with Crippen LogP contribution in [0.5, 0.6) is 0 Å². The van der Waals surface area contributed by atoms with Crippen molar-refractivity contribution in [1.29, 1.82) is 0 Å². The lowest BCUT2D eigenvalue weighted by Crippen LogP contribution is -2.39. The molecule has 0 fully saturated rings. The lowest BCUT2D eigenvalue weighted by atomic mass is 10.2. The molecule has 0 bridgehead atoms. The molecule has 6 nitrogen and oxygen atoms in total. The van der Waals surface area contributed by atoms with Crippen molar-refractivity contribution in [2.24, 2.45) is 7.05 Å². The van der Waals surface area contributed by atoms with E-state index in [0.29, 0.717) is 0 Å². The molecular weight excluding hydrogens is 256 g/mol. The van der Waals surface area contributed by atoms with Gasteiger partial charge in [-0.25, -0.2) is 8.42 Å². The molecule has 0 saturated carbocycles. The van der Waals surface area contributed by atoms with Crippen molar-refractivity contribution < 1.29 is 18.3 Å². The van der Waals surface area contributed by atoms with Crippen molar-refractivity contribution in [2.75, 3.05) is 6.54 Å². The molecule has 0 saturated heterocycles. The van der Waals surface area contributed by atoms with Crippen LogP contribution in [0.2, 0.25) is 0 Å². The highest BCUT2D eigenvalue weighted by Crippen LogP contribution is 2.19. The van der Waals surface area contributed by atoms with Gasteiger partial charge in [-0.1, -0.05) is 6.92 Å². The maximum Gasteiger partial charge on any atom is 0.304 e. The van der Waals surface area contributed by atoms with Crippen molar-refractivity contribution in [3.8, 4) is 0 Å². The van der Waals surface area contributed by atoms with Crippen molar-refractivity contribution in [2.45, 2.75) is 31.2 Å². The number of hydrogen-bond acceptors (Lipinski definition) is 3. The minimum atomic E-state index is -3.63. The number of aryl methyl sites for hydroxylation is 1. The number of carboxylic acids is 1. The van der Waals surface area contributed by atoms with E-state index in [0.717, 1.165) is 0 Å². The Kier molecular flexibility index (Phi) is 4.53. The molecule has 0 spiro atoms. The molecule has 1 rings (SSSR count). The van der Waals surface area contributed by atoms with Gasteiger partial charge in [0.25, 0.3) is 0 Å². The van der Waals surface area contributed by atoms with Crippen LogP contribution in [0.4, 0.5) is 0 Å². The van der Waals surface area contributed by atoms with Crippen LogP contribution in [-0.4, -0.2) is 41.0 Å². The number of aliphatic carboxylic acids is 1. The van der Waals surface area contributed by atoms with Gasteiger partial charge >= 0.3 is 5.97 Å². The number of hydrogen-bond donors (Lipinski definition) is 1. The average molecular weight is 274 g/mol. The summed E-state index contributed by atoms with van der Waals surface area (Å²) in [6, 6.07) is 0.934. The first-order valence-electron chi connectivity index (χ1n) is 5.64. The largest absolute Gasteiger partial charge is 0.481 e. The number of nitrogens with zero attached hydrogens (tertiary/aromatic N) is 2. The van der Waals surface area contributed by atoms with Gasteiger partial charge in [-0.2, -0.15) is 4.31 Å². The van der Waals surface area contributed by atoms with Gasteiger partial charge in [0.15, 0.2) is 0 Å². The molecule has 0 aliphatic rings. The summed E-state index contributed by atoms with van der Waals surface area (Å²) in [5.41, 5.74) is 0. The van der Waals surface area contributed by atoms with E-state index in [2.05, 4.69) is 0 Å². The Morgan fingerprint density at radius 2 is 2.17 bits per heavy atom. The molecule has 1 atom stereocenters. The highest BCUT2D eigenvalue weighted by Gasteiger charge is 2.29. The predicted octanol–water partition coefficient (Wildman–Crippen LogP) is 0.899. The molecule has 0 radical (unpaired) electrons. The third-order valence-electron chi connectivity index (χ3n) is 2.68. The summed E-state index contributed by atoms with van der Waals surface area (Å²) in [5.74, 6) is -1.01. The van der Waals surface area contributed by atoms with Crippen molar-refractivity contribution >= 4 is 16.0 Å². The summed E-state index contributed by atoms with van der Waals surface area (Å²) in [4.78, 5) is 10.9. The minimum absolute atomic E-state index is 0.184. The first kappa shape index (κ1) is 14.7. The Hall–Kier alpha value is -1.34. The molecule has 0 aliphatic heterocycles. The number of aromatic nitrogens is 1. The monoisotopic (exact) mass is 274 g/mol. The van der Waals surface area contributed by atoms with Crippen LogP contribution >= 0.6 is 0 Å². The summed E-state index contributed by atoms with van der Waals surface area (Å²) >= 11 is 0. The Labute approximate surface area is 107 Å². The summed E-state index contributed by atoms with van der Waals surface area (Å²) in [6.07, 6.45) is 2.94. The van der Waals surface area contributed by atoms with Crippen LogP contribution in [0.15, 0.2) is 23.4 Å². The van der Waals surface area contributed by atoms with Crippen LogP contribution in [-0.2, 0) is 21.9 Å². The average Bonchev–Trinajstić information content (AvgIpc) is 2.64. The Balaban J connectivity index is 3.04. The molecule has 1 unspecified atom stereocenters. The minimum Gasteiger partial charge on any atom is -0.481 e. The lowest BCUT2D eigenvalue weighted by Gasteiger charge is -2.25. The Morgan fingerprint density at radius 3 is 2.56 bits per heavy atom. The van der Waals surface area contributed by atoms with E-state index in [1.165, 1.54) is 16.6 Å². The van der Waals surface area contributed by atoms with Gasteiger partial charge in [0.2, 0.25) is 10.0 Å². The van der Waals surface area contributed by atoms with Gasteiger partial charge in [0.05, 0.1) is 11.3 Å². The number of rotatable bonds is 6. The fourth-order valence-corrected chi connectivity index (χ4v) is 3.53. The maximum atomic E-state index is 12.3. The molecule has 1 N–H and O–H groups in total. The van der Waals surface area contributed by atoms with Crippen LogP contribution in [0.3, 0.4) is 0 Å². The second-order valence-corrected chi connectivity index (χ2v) is 6.06. The van der Waals surface area contributed by atoms with Gasteiger partial charge in [-0.05, 0) is 13.0 Å². The predicted molar refractivity (Wildman–Crippen MR) is 66.7 cm³/mol. The lowest BCUT2D eigenvalue weighted by molar-refractivity contribution is -0.137. The first-order chi connectivity index (χ1) is 8.28. The van der Waals surface area contributed by atoms with Crippen molar-refractivity contribution in [3.05, 3.63) is 18.5 Å². The Bertz CT molecular complexity index is 521. The quantitative estimate of drug-likeness (QED) is 0.835. The van der Waals surface area contributed by atoms with Gasteiger partial charge in [0, 0.05) is 32.0 Å². The third-order valence-corrected chi connectivity index (χ3v) is 4.76. The van der Waals surface area contributed by atoms with Gasteiger partial charge in [-0.3, -0.25) is 4.79 Å². The molecule has 0 amide bonds. The van der Waals surface area contributed by atoms with Crippen LogP contribution < -0.4 is 0 Å². The van der Waals surface area contributed by atoms with Gasteiger partial charge in [0.1, 0.15) is 0 Å². The van der Waals surface area contributed by atoms with Crippen molar-refractivity contribution in [3.63, 3.8) is 0 Å². The summed E-state index contributed by atoms with van der Waals surface area (Å²) in [6.45, 7) is 3.53. The fraction of sp³-hybridized carbons (Fsp3) is 0.545. The summed E-state index contributed by atoms with van der Waals surface area (Å²) in [7, 11) is -1.89. The molecular formula is C11H18N2O4S. The molecule has 1 aromatic heterocycles. The first-order valence-corrected chi connectivity index (χ1v) is 7.08. The van der Waals surface area contributed by atoms with E-state index in [1.54, 1.807) is 31.7 Å². The van der Waals surface area contributed by atoms with Crippen LogP contribution in [0, 0.1) is 0 Å². The second-order valence-electron chi connectivity index (χ2n) is 4.17. The van der Waals surface area contributed by atoms with Gasteiger partial charge in [-0.15, -0.1) is 0 Å². The second kappa shape index (κ2) is 5.53. The zero-order valence-corrected chi connectivity index (χ0v) is 11.5. The maximum absolute atomic E-state index is 12.3.